The molecule has 1 aromatic carbocycles. The van der Waals surface area contributed by atoms with Crippen molar-refractivity contribution in [2.45, 2.75) is 25.7 Å². The predicted octanol–water partition coefficient (Wildman–Crippen LogP) is 2.65. The highest BCUT2D eigenvalue weighted by atomic mass is 16.6. The minimum Gasteiger partial charge on any atom is -0.338 e. The van der Waals surface area contributed by atoms with Gasteiger partial charge in [-0.25, -0.2) is 0 Å². The first-order valence-electron chi connectivity index (χ1n) is 7.60. The standard InChI is InChI=1S/C16H18N4O3/c1-11-4-2-6-13(15(11)20(22)23)16(21)19-9-3-5-12(10-19)14-7-8-17-18-14/h2,4,6-8,12H,3,5,9-10H2,1H3,(H,17,18)/t12-/m0/s1. The van der Waals surface area contributed by atoms with Crippen LogP contribution in [-0.4, -0.2) is 39.0 Å². The van der Waals surface area contributed by atoms with Gasteiger partial charge in [-0.3, -0.25) is 20.0 Å². The van der Waals surface area contributed by atoms with Crippen LogP contribution in [0.4, 0.5) is 5.69 Å². The second-order valence-corrected chi connectivity index (χ2v) is 5.83. The molecule has 0 aliphatic carbocycles. The number of amides is 1. The molecule has 0 unspecified atom stereocenters. The molecule has 23 heavy (non-hydrogen) atoms. The topological polar surface area (TPSA) is 92.1 Å². The summed E-state index contributed by atoms with van der Waals surface area (Å²) in [6, 6.07) is 6.78. The number of hydrogen-bond acceptors (Lipinski definition) is 4. The van der Waals surface area contributed by atoms with E-state index in [4.69, 9.17) is 0 Å². The van der Waals surface area contributed by atoms with Gasteiger partial charge in [0.15, 0.2) is 0 Å². The number of carbonyl (C=O) groups excluding carboxylic acids is 1. The van der Waals surface area contributed by atoms with E-state index in [1.165, 1.54) is 6.07 Å². The molecule has 7 heteroatoms. The van der Waals surface area contributed by atoms with Crippen LogP contribution in [0, 0.1) is 17.0 Å². The number of nitrogens with zero attached hydrogens (tertiary/aromatic N) is 3. The lowest BCUT2D eigenvalue weighted by molar-refractivity contribution is -0.385. The minimum absolute atomic E-state index is 0.0961. The van der Waals surface area contributed by atoms with Crippen molar-refractivity contribution in [3.63, 3.8) is 0 Å². The number of hydrogen-bond donors (Lipinski definition) is 1. The van der Waals surface area contributed by atoms with Crippen LogP contribution < -0.4 is 0 Å². The SMILES string of the molecule is Cc1cccc(C(=O)N2CCC[C@H](c3ccn[nH]3)C2)c1[N+](=O)[O-]. The van der Waals surface area contributed by atoms with Crippen LogP contribution >= 0.6 is 0 Å². The summed E-state index contributed by atoms with van der Waals surface area (Å²) in [5.41, 5.74) is 1.57. The van der Waals surface area contributed by atoms with Gasteiger partial charge in [-0.15, -0.1) is 0 Å². The molecule has 1 atom stereocenters. The molecule has 120 valence electrons. The number of para-hydroxylation sites is 1. The third-order valence-electron chi connectivity index (χ3n) is 4.32. The van der Waals surface area contributed by atoms with E-state index >= 15 is 0 Å². The van der Waals surface area contributed by atoms with Gasteiger partial charge in [0.25, 0.3) is 11.6 Å². The van der Waals surface area contributed by atoms with Gasteiger partial charge >= 0.3 is 0 Å². The molecule has 0 spiro atoms. The van der Waals surface area contributed by atoms with E-state index in [1.807, 2.05) is 6.07 Å². The lowest BCUT2D eigenvalue weighted by atomic mass is 9.94. The fraction of sp³-hybridized carbons (Fsp3) is 0.375. The number of nitrogens with one attached hydrogen (secondary N) is 1. The van der Waals surface area contributed by atoms with E-state index < -0.39 is 4.92 Å². The zero-order chi connectivity index (χ0) is 16.4. The molecule has 2 heterocycles. The first kappa shape index (κ1) is 15.2. The smallest absolute Gasteiger partial charge is 0.285 e. The molecule has 1 amide bonds. The number of piperidine rings is 1. The quantitative estimate of drug-likeness (QED) is 0.696. The van der Waals surface area contributed by atoms with Crippen molar-refractivity contribution < 1.29 is 9.72 Å². The van der Waals surface area contributed by atoms with E-state index in [2.05, 4.69) is 10.2 Å². The summed E-state index contributed by atoms with van der Waals surface area (Å²) in [5, 5.41) is 18.2. The number of aromatic nitrogens is 2. The Morgan fingerprint density at radius 2 is 2.26 bits per heavy atom. The average molecular weight is 314 g/mol. The Morgan fingerprint density at radius 1 is 1.43 bits per heavy atom. The fourth-order valence-electron chi connectivity index (χ4n) is 3.15. The number of benzene rings is 1. The van der Waals surface area contributed by atoms with Gasteiger partial charge in [0, 0.05) is 36.5 Å². The lowest BCUT2D eigenvalue weighted by Gasteiger charge is -2.32. The van der Waals surface area contributed by atoms with Crippen LogP contribution in [0.15, 0.2) is 30.5 Å². The van der Waals surface area contributed by atoms with Crippen LogP contribution in [0.2, 0.25) is 0 Å². The summed E-state index contributed by atoms with van der Waals surface area (Å²) in [7, 11) is 0. The van der Waals surface area contributed by atoms with Gasteiger partial charge in [0.2, 0.25) is 0 Å². The molecule has 1 N–H and O–H groups in total. The summed E-state index contributed by atoms with van der Waals surface area (Å²) >= 11 is 0. The molecule has 7 nitrogen and oxygen atoms in total. The number of rotatable bonds is 3. The Hall–Kier alpha value is -2.70. The highest BCUT2D eigenvalue weighted by molar-refractivity contribution is 5.98. The van der Waals surface area contributed by atoms with E-state index in [0.29, 0.717) is 18.7 Å². The fourth-order valence-corrected chi connectivity index (χ4v) is 3.15. The monoisotopic (exact) mass is 314 g/mol. The van der Waals surface area contributed by atoms with Crippen LogP contribution in [0.1, 0.15) is 40.4 Å². The third kappa shape index (κ3) is 2.94. The summed E-state index contributed by atoms with van der Waals surface area (Å²) in [4.78, 5) is 25.3. The number of likely N-dealkylation sites (tertiary alicyclic amines) is 1. The Kier molecular flexibility index (Phi) is 4.10. The molecule has 1 aliphatic rings. The van der Waals surface area contributed by atoms with Gasteiger partial charge in [-0.2, -0.15) is 5.10 Å². The number of aryl methyl sites for hydroxylation is 1. The minimum atomic E-state index is -0.473. The Morgan fingerprint density at radius 3 is 2.96 bits per heavy atom. The zero-order valence-corrected chi connectivity index (χ0v) is 12.9. The number of aromatic amines is 1. The average Bonchev–Trinajstić information content (AvgIpc) is 3.08. The van der Waals surface area contributed by atoms with Gasteiger partial charge in [0.05, 0.1) is 4.92 Å². The normalized spacial score (nSPS) is 18.0. The van der Waals surface area contributed by atoms with Gasteiger partial charge in [-0.1, -0.05) is 12.1 Å². The van der Waals surface area contributed by atoms with E-state index in [1.54, 1.807) is 30.2 Å². The lowest BCUT2D eigenvalue weighted by Crippen LogP contribution is -2.39. The van der Waals surface area contributed by atoms with Crippen molar-refractivity contribution in [1.82, 2.24) is 15.1 Å². The summed E-state index contributed by atoms with van der Waals surface area (Å²) in [5.74, 6) is -0.0799. The van der Waals surface area contributed by atoms with Crippen molar-refractivity contribution in [2.24, 2.45) is 0 Å². The van der Waals surface area contributed by atoms with E-state index in [-0.39, 0.29) is 23.1 Å². The number of nitro benzene ring substituents is 1. The summed E-state index contributed by atoms with van der Waals surface area (Å²) in [6.07, 6.45) is 3.54. The maximum Gasteiger partial charge on any atom is 0.285 e. The highest BCUT2D eigenvalue weighted by Crippen LogP contribution is 2.29. The summed E-state index contributed by atoms with van der Waals surface area (Å²) < 4.78 is 0. The second kappa shape index (κ2) is 6.20. The molecule has 0 saturated carbocycles. The van der Waals surface area contributed by atoms with Crippen LogP contribution in [0.5, 0.6) is 0 Å². The maximum absolute atomic E-state index is 12.8. The van der Waals surface area contributed by atoms with Gasteiger partial charge < -0.3 is 4.90 Å². The number of H-pyrrole nitrogens is 1. The second-order valence-electron chi connectivity index (χ2n) is 5.83. The van der Waals surface area contributed by atoms with E-state index in [0.717, 1.165) is 18.5 Å². The Balaban J connectivity index is 1.86. The Labute approximate surface area is 133 Å². The molecule has 0 bridgehead atoms. The van der Waals surface area contributed by atoms with E-state index in [9.17, 15) is 14.9 Å². The number of carbonyl (C=O) groups is 1. The molecule has 1 aromatic heterocycles. The van der Waals surface area contributed by atoms with Crippen molar-refractivity contribution in [3.8, 4) is 0 Å². The molecule has 1 saturated heterocycles. The predicted molar refractivity (Wildman–Crippen MR) is 84.3 cm³/mol. The van der Waals surface area contributed by atoms with Crippen molar-refractivity contribution >= 4 is 11.6 Å². The highest BCUT2D eigenvalue weighted by Gasteiger charge is 2.30. The first-order valence-corrected chi connectivity index (χ1v) is 7.60. The maximum atomic E-state index is 12.8. The van der Waals surface area contributed by atoms with Crippen LogP contribution in [0.3, 0.4) is 0 Å². The Bertz CT molecular complexity index is 727. The van der Waals surface area contributed by atoms with Crippen molar-refractivity contribution in [3.05, 3.63) is 57.4 Å². The molecule has 0 radical (unpaired) electrons. The van der Waals surface area contributed by atoms with Crippen molar-refractivity contribution in [2.75, 3.05) is 13.1 Å². The number of nitro groups is 1. The molecule has 1 fully saturated rings. The van der Waals surface area contributed by atoms with Crippen LogP contribution in [-0.2, 0) is 0 Å². The van der Waals surface area contributed by atoms with Gasteiger partial charge in [0.1, 0.15) is 5.56 Å². The first-order chi connectivity index (χ1) is 11.1. The molecule has 2 aromatic rings. The van der Waals surface area contributed by atoms with Gasteiger partial charge in [-0.05, 0) is 31.9 Å². The third-order valence-corrected chi connectivity index (χ3v) is 4.32. The zero-order valence-electron chi connectivity index (χ0n) is 12.9. The van der Waals surface area contributed by atoms with Crippen molar-refractivity contribution in [1.29, 1.82) is 0 Å². The molecule has 1 aliphatic heterocycles. The largest absolute Gasteiger partial charge is 0.338 e. The summed E-state index contributed by atoms with van der Waals surface area (Å²) in [6.45, 7) is 2.82. The molecular formula is C16H18N4O3. The molecule has 3 rings (SSSR count). The van der Waals surface area contributed by atoms with Crippen LogP contribution in [0.25, 0.3) is 0 Å². The molecular weight excluding hydrogens is 296 g/mol.